The van der Waals surface area contributed by atoms with Gasteiger partial charge in [-0.3, -0.25) is 9.59 Å². The molecule has 0 saturated carbocycles. The number of benzene rings is 1. The first-order chi connectivity index (χ1) is 16.3. The molecule has 0 saturated heterocycles. The Morgan fingerprint density at radius 3 is 2.74 bits per heavy atom. The van der Waals surface area contributed by atoms with E-state index in [9.17, 15) is 9.59 Å². The Morgan fingerprint density at radius 1 is 1.18 bits per heavy atom. The zero-order valence-corrected chi connectivity index (χ0v) is 19.7. The Morgan fingerprint density at radius 2 is 1.97 bits per heavy atom. The summed E-state index contributed by atoms with van der Waals surface area (Å²) in [7, 11) is 3.86. The van der Waals surface area contributed by atoms with E-state index in [0.29, 0.717) is 47.0 Å². The third-order valence-corrected chi connectivity index (χ3v) is 5.32. The highest BCUT2D eigenvalue weighted by molar-refractivity contribution is 5.98. The number of carbonyl (C=O) groups is 1. The predicted molar refractivity (Wildman–Crippen MR) is 132 cm³/mol. The minimum Gasteiger partial charge on any atom is -0.350 e. The fourth-order valence-electron chi connectivity index (χ4n) is 3.59. The summed E-state index contributed by atoms with van der Waals surface area (Å²) in [5, 5.41) is 14.7. The molecule has 4 aromatic rings. The van der Waals surface area contributed by atoms with Crippen molar-refractivity contribution in [1.29, 1.82) is 0 Å². The molecular weight excluding hydrogens is 432 g/mol. The van der Waals surface area contributed by atoms with Crippen LogP contribution in [0.15, 0.2) is 53.6 Å². The molecule has 4 rings (SSSR count). The Kier molecular flexibility index (Phi) is 6.69. The number of amides is 1. The number of rotatable bonds is 8. The van der Waals surface area contributed by atoms with E-state index in [1.807, 2.05) is 61.7 Å². The van der Waals surface area contributed by atoms with Crippen LogP contribution in [0.4, 0.5) is 11.5 Å². The third kappa shape index (κ3) is 4.96. The summed E-state index contributed by atoms with van der Waals surface area (Å²) in [5.74, 6) is 0.912. The minimum absolute atomic E-state index is 0.189. The van der Waals surface area contributed by atoms with Crippen molar-refractivity contribution in [3.63, 3.8) is 0 Å². The largest absolute Gasteiger partial charge is 0.350 e. The van der Waals surface area contributed by atoms with Crippen LogP contribution >= 0.6 is 0 Å². The summed E-state index contributed by atoms with van der Waals surface area (Å²) < 4.78 is 1.94. The third-order valence-electron chi connectivity index (χ3n) is 5.32. The molecule has 0 aliphatic rings. The molecule has 3 N–H and O–H groups in total. The van der Waals surface area contributed by atoms with E-state index in [1.165, 1.54) is 6.07 Å². The summed E-state index contributed by atoms with van der Waals surface area (Å²) in [4.78, 5) is 35.2. The monoisotopic (exact) mass is 460 g/mol. The van der Waals surface area contributed by atoms with Crippen LogP contribution < -0.4 is 16.1 Å². The lowest BCUT2D eigenvalue weighted by molar-refractivity contribution is 0.0946. The quantitative estimate of drug-likeness (QED) is 0.370. The molecule has 0 bridgehead atoms. The van der Waals surface area contributed by atoms with Crippen molar-refractivity contribution in [2.24, 2.45) is 0 Å². The number of aromatic nitrogens is 5. The van der Waals surface area contributed by atoms with Crippen molar-refractivity contribution < 1.29 is 4.79 Å². The number of nitrogens with one attached hydrogen (secondary N) is 3. The van der Waals surface area contributed by atoms with E-state index in [-0.39, 0.29) is 23.1 Å². The lowest BCUT2D eigenvalue weighted by Gasteiger charge is -2.13. The van der Waals surface area contributed by atoms with Crippen LogP contribution in [0.5, 0.6) is 0 Å². The molecule has 10 heteroatoms. The van der Waals surface area contributed by atoms with Crippen LogP contribution in [0.1, 0.15) is 30.4 Å². The second kappa shape index (κ2) is 9.84. The van der Waals surface area contributed by atoms with Crippen molar-refractivity contribution in [2.45, 2.75) is 19.9 Å². The standard InChI is InChI=1S/C24H28N8O2/c1-15(2)32-14-26-30-23(32)18-9-6-10-21(29-18)28-17-8-5-7-16-22(17)20(33)13-19(27-16)24(34)25-11-12-31(3)4/h5-10,13-15H,11-12H2,1-4H3,(H,25,34)(H,27,33)(H,28,29). The predicted octanol–water partition coefficient (Wildman–Crippen LogP) is 2.80. The van der Waals surface area contributed by atoms with Gasteiger partial charge in [-0.2, -0.15) is 0 Å². The average Bonchev–Trinajstić information content (AvgIpc) is 3.29. The highest BCUT2D eigenvalue weighted by Crippen LogP contribution is 2.25. The molecule has 0 atom stereocenters. The van der Waals surface area contributed by atoms with E-state index in [0.717, 1.165) is 0 Å². The maximum atomic E-state index is 13.0. The van der Waals surface area contributed by atoms with E-state index < -0.39 is 0 Å². The normalized spacial score (nSPS) is 11.4. The Labute approximate surface area is 197 Å². The zero-order valence-electron chi connectivity index (χ0n) is 19.7. The van der Waals surface area contributed by atoms with Gasteiger partial charge in [0.2, 0.25) is 0 Å². The molecule has 0 radical (unpaired) electrons. The SMILES string of the molecule is CC(C)n1cnnc1-c1cccc(Nc2cccc3[nH]c(C(=O)NCCN(C)C)cc(=O)c23)n1. The molecule has 0 unspecified atom stereocenters. The lowest BCUT2D eigenvalue weighted by Crippen LogP contribution is -2.32. The summed E-state index contributed by atoms with van der Waals surface area (Å²) in [6.07, 6.45) is 1.68. The van der Waals surface area contributed by atoms with Crippen molar-refractivity contribution in [1.82, 2.24) is 34.9 Å². The number of hydrogen-bond acceptors (Lipinski definition) is 7. The first-order valence-electron chi connectivity index (χ1n) is 11.1. The van der Waals surface area contributed by atoms with Crippen molar-refractivity contribution >= 4 is 28.3 Å². The molecule has 176 valence electrons. The van der Waals surface area contributed by atoms with Gasteiger partial charge in [-0.15, -0.1) is 10.2 Å². The van der Waals surface area contributed by atoms with Crippen molar-refractivity contribution in [3.05, 3.63) is 64.7 Å². The number of hydrogen-bond donors (Lipinski definition) is 3. The fourth-order valence-corrected chi connectivity index (χ4v) is 3.59. The van der Waals surface area contributed by atoms with Gasteiger partial charge in [-0.25, -0.2) is 4.98 Å². The smallest absolute Gasteiger partial charge is 0.267 e. The summed E-state index contributed by atoms with van der Waals surface area (Å²) in [5.41, 5.74) is 1.79. The van der Waals surface area contributed by atoms with Crippen LogP contribution in [-0.2, 0) is 0 Å². The zero-order chi connectivity index (χ0) is 24.2. The van der Waals surface area contributed by atoms with Gasteiger partial charge in [0.15, 0.2) is 11.3 Å². The van der Waals surface area contributed by atoms with E-state index in [1.54, 1.807) is 18.5 Å². The fraction of sp³-hybridized carbons (Fsp3) is 0.292. The van der Waals surface area contributed by atoms with Gasteiger partial charge in [-0.05, 0) is 52.2 Å². The number of likely N-dealkylation sites (N-methyl/N-ethyl adjacent to an activating group) is 1. The summed E-state index contributed by atoms with van der Waals surface area (Å²) in [6, 6.07) is 12.5. The van der Waals surface area contributed by atoms with Gasteiger partial charge in [0.25, 0.3) is 5.91 Å². The molecule has 34 heavy (non-hydrogen) atoms. The van der Waals surface area contributed by atoms with Crippen molar-refractivity contribution in [3.8, 4) is 11.5 Å². The number of carbonyl (C=O) groups excluding carboxylic acids is 1. The number of pyridine rings is 2. The Hall–Kier alpha value is -4.05. The molecule has 1 amide bonds. The number of aromatic amines is 1. The number of H-pyrrole nitrogens is 1. The maximum absolute atomic E-state index is 13.0. The minimum atomic E-state index is -0.317. The molecule has 3 heterocycles. The first-order valence-corrected chi connectivity index (χ1v) is 11.1. The van der Waals surface area contributed by atoms with Gasteiger partial charge in [0.1, 0.15) is 23.5 Å². The second-order valence-corrected chi connectivity index (χ2v) is 8.52. The van der Waals surface area contributed by atoms with Crippen molar-refractivity contribution in [2.75, 3.05) is 32.5 Å². The van der Waals surface area contributed by atoms with Crippen LogP contribution in [0, 0.1) is 0 Å². The van der Waals surface area contributed by atoms with Gasteiger partial charge in [0.05, 0.1) is 16.6 Å². The maximum Gasteiger partial charge on any atom is 0.267 e. The number of fused-ring (bicyclic) bond motifs is 1. The highest BCUT2D eigenvalue weighted by atomic mass is 16.2. The topological polar surface area (TPSA) is 121 Å². The number of nitrogens with zero attached hydrogens (tertiary/aromatic N) is 5. The molecule has 0 spiro atoms. The summed E-state index contributed by atoms with van der Waals surface area (Å²) >= 11 is 0. The molecule has 1 aromatic carbocycles. The molecule has 0 aliphatic heterocycles. The van der Waals surface area contributed by atoms with Crippen LogP contribution in [0.3, 0.4) is 0 Å². The van der Waals surface area contributed by atoms with Crippen LogP contribution in [-0.4, -0.2) is 62.7 Å². The molecular formula is C24H28N8O2. The lowest BCUT2D eigenvalue weighted by atomic mass is 10.1. The van der Waals surface area contributed by atoms with Gasteiger partial charge in [0, 0.05) is 25.2 Å². The van der Waals surface area contributed by atoms with Gasteiger partial charge < -0.3 is 25.1 Å². The molecule has 10 nitrogen and oxygen atoms in total. The van der Waals surface area contributed by atoms with Crippen LogP contribution in [0.2, 0.25) is 0 Å². The molecule has 0 aliphatic carbocycles. The average molecular weight is 461 g/mol. The van der Waals surface area contributed by atoms with Gasteiger partial charge >= 0.3 is 0 Å². The van der Waals surface area contributed by atoms with Crippen LogP contribution in [0.25, 0.3) is 22.4 Å². The van der Waals surface area contributed by atoms with E-state index in [4.69, 9.17) is 0 Å². The molecule has 0 fully saturated rings. The first kappa shape index (κ1) is 23.1. The Bertz CT molecular complexity index is 1370. The van der Waals surface area contributed by atoms with E-state index >= 15 is 0 Å². The summed E-state index contributed by atoms with van der Waals surface area (Å²) in [6.45, 7) is 5.29. The molecule has 3 aromatic heterocycles. The highest BCUT2D eigenvalue weighted by Gasteiger charge is 2.14. The van der Waals surface area contributed by atoms with Gasteiger partial charge in [-0.1, -0.05) is 12.1 Å². The number of anilines is 2. The van der Waals surface area contributed by atoms with E-state index in [2.05, 4.69) is 30.8 Å². The Balaban J connectivity index is 1.63. The second-order valence-electron chi connectivity index (χ2n) is 8.52.